The van der Waals surface area contributed by atoms with Gasteiger partial charge in [0, 0.05) is 18.1 Å². The lowest BCUT2D eigenvalue weighted by atomic mass is 10.0. The molecule has 0 saturated heterocycles. The Kier molecular flexibility index (Phi) is 2.97. The molecule has 0 fully saturated rings. The summed E-state index contributed by atoms with van der Waals surface area (Å²) in [6.07, 6.45) is 2.07. The molecule has 3 nitrogen and oxygen atoms in total. The van der Waals surface area contributed by atoms with Crippen molar-refractivity contribution in [3.8, 4) is 12.0 Å². The van der Waals surface area contributed by atoms with Crippen LogP contribution in [-0.4, -0.2) is 17.7 Å². The lowest BCUT2D eigenvalue weighted by Gasteiger charge is -2.01. The van der Waals surface area contributed by atoms with E-state index in [2.05, 4.69) is 12.0 Å². The number of carbonyl (C=O) groups is 2. The fraction of sp³-hybridized carbons (Fsp3) is 0.286. The fourth-order valence-corrected chi connectivity index (χ4v) is 1.86. The van der Waals surface area contributed by atoms with Crippen LogP contribution >= 0.6 is 0 Å². The number of benzene rings is 1. The summed E-state index contributed by atoms with van der Waals surface area (Å²) in [5, 5.41) is 0. The molecule has 0 spiro atoms. The molecule has 3 heteroatoms. The molecule has 17 heavy (non-hydrogen) atoms. The van der Waals surface area contributed by atoms with Gasteiger partial charge in [-0.1, -0.05) is 25.0 Å². The van der Waals surface area contributed by atoms with Crippen LogP contribution in [-0.2, 0) is 11.2 Å². The van der Waals surface area contributed by atoms with Crippen molar-refractivity contribution < 1.29 is 14.3 Å². The van der Waals surface area contributed by atoms with Gasteiger partial charge in [-0.3, -0.25) is 9.59 Å². The first kappa shape index (κ1) is 11.4. The van der Waals surface area contributed by atoms with E-state index in [1.54, 1.807) is 19.1 Å². The van der Waals surface area contributed by atoms with Crippen molar-refractivity contribution in [1.82, 2.24) is 0 Å². The molecular formula is C14H12O3. The van der Waals surface area contributed by atoms with Crippen LogP contribution in [0.3, 0.4) is 0 Å². The molecule has 0 bridgehead atoms. The first-order valence-electron chi connectivity index (χ1n) is 5.47. The van der Waals surface area contributed by atoms with E-state index >= 15 is 0 Å². The van der Waals surface area contributed by atoms with Crippen LogP contribution in [0.1, 0.15) is 40.1 Å². The average Bonchev–Trinajstić information content (AvgIpc) is 2.59. The molecule has 1 aliphatic carbocycles. The predicted octanol–water partition coefficient (Wildman–Crippen LogP) is 1.99. The maximum absolute atomic E-state index is 12.0. The molecule has 86 valence electrons. The van der Waals surface area contributed by atoms with Crippen LogP contribution in [0, 0.1) is 12.0 Å². The number of ether oxygens (including phenoxy) is 1. The Labute approximate surface area is 99.8 Å². The Morgan fingerprint density at radius 3 is 2.59 bits per heavy atom. The van der Waals surface area contributed by atoms with Gasteiger partial charge in [-0.25, -0.2) is 0 Å². The quantitative estimate of drug-likeness (QED) is 0.574. The van der Waals surface area contributed by atoms with E-state index in [1.807, 2.05) is 13.0 Å². The number of fused-ring (bicyclic) bond motifs is 1. The molecule has 1 aliphatic rings. The van der Waals surface area contributed by atoms with Crippen molar-refractivity contribution in [3.05, 3.63) is 34.9 Å². The number of aryl methyl sites for hydroxylation is 1. The number of carbonyl (C=O) groups excluding carboxylic acids is 2. The van der Waals surface area contributed by atoms with Gasteiger partial charge >= 0.3 is 0 Å². The number of rotatable bonds is 2. The molecule has 1 unspecified atom stereocenters. The third-order valence-electron chi connectivity index (χ3n) is 2.78. The minimum absolute atomic E-state index is 0.289. The summed E-state index contributed by atoms with van der Waals surface area (Å²) < 4.78 is 4.97. The second-order valence-corrected chi connectivity index (χ2v) is 3.81. The molecule has 0 saturated carbocycles. The molecule has 0 aromatic heterocycles. The van der Waals surface area contributed by atoms with Crippen LogP contribution in [0.15, 0.2) is 18.2 Å². The van der Waals surface area contributed by atoms with E-state index < -0.39 is 6.10 Å². The number of hydrogen-bond acceptors (Lipinski definition) is 3. The van der Waals surface area contributed by atoms with Gasteiger partial charge in [0.05, 0.1) is 0 Å². The summed E-state index contributed by atoms with van der Waals surface area (Å²) in [5.41, 5.74) is 1.93. The highest BCUT2D eigenvalue weighted by Gasteiger charge is 2.40. The van der Waals surface area contributed by atoms with E-state index in [-0.39, 0.29) is 11.6 Å². The molecule has 1 aromatic carbocycles. The Hall–Kier alpha value is -2.08. The van der Waals surface area contributed by atoms with Gasteiger partial charge in [-0.2, -0.15) is 0 Å². The van der Waals surface area contributed by atoms with E-state index in [0.29, 0.717) is 11.1 Å². The van der Waals surface area contributed by atoms with Crippen LogP contribution < -0.4 is 0 Å². The fourth-order valence-electron chi connectivity index (χ4n) is 1.86. The Morgan fingerprint density at radius 1 is 1.24 bits per heavy atom. The van der Waals surface area contributed by atoms with Crippen molar-refractivity contribution in [1.29, 1.82) is 0 Å². The second kappa shape index (κ2) is 4.42. The van der Waals surface area contributed by atoms with Crippen LogP contribution in [0.4, 0.5) is 0 Å². The van der Waals surface area contributed by atoms with Gasteiger partial charge in [0.2, 0.25) is 17.7 Å². The molecule has 0 N–H and O–H groups in total. The average molecular weight is 228 g/mol. The molecular weight excluding hydrogens is 216 g/mol. The maximum atomic E-state index is 12.0. The third-order valence-corrected chi connectivity index (χ3v) is 2.78. The monoisotopic (exact) mass is 228 g/mol. The van der Waals surface area contributed by atoms with Gasteiger partial charge in [-0.15, -0.1) is 0 Å². The SMILES string of the molecule is CC#COC1C(=O)c2ccc(CC)cc2C1=O. The molecule has 0 radical (unpaired) electrons. The summed E-state index contributed by atoms with van der Waals surface area (Å²) in [7, 11) is 0. The van der Waals surface area contributed by atoms with Crippen molar-refractivity contribution in [2.45, 2.75) is 26.4 Å². The van der Waals surface area contributed by atoms with Crippen LogP contribution in [0.2, 0.25) is 0 Å². The van der Waals surface area contributed by atoms with Crippen molar-refractivity contribution in [2.24, 2.45) is 0 Å². The highest BCUT2D eigenvalue weighted by atomic mass is 16.5. The smallest absolute Gasteiger partial charge is 0.235 e. The summed E-state index contributed by atoms with van der Waals surface area (Å²) in [6.45, 7) is 3.59. The van der Waals surface area contributed by atoms with Gasteiger partial charge < -0.3 is 4.74 Å². The topological polar surface area (TPSA) is 43.4 Å². The largest absolute Gasteiger partial charge is 0.426 e. The molecule has 1 atom stereocenters. The summed E-state index contributed by atoms with van der Waals surface area (Å²) >= 11 is 0. The highest BCUT2D eigenvalue weighted by molar-refractivity contribution is 6.28. The molecule has 2 rings (SSSR count). The minimum atomic E-state index is -1.08. The molecule has 0 amide bonds. The Bertz CT molecular complexity index is 546. The molecule has 0 aliphatic heterocycles. The van der Waals surface area contributed by atoms with Crippen molar-refractivity contribution in [2.75, 3.05) is 0 Å². The summed E-state index contributed by atoms with van der Waals surface area (Å²) in [4.78, 5) is 23.9. The van der Waals surface area contributed by atoms with E-state index in [9.17, 15) is 9.59 Å². The Balaban J connectivity index is 2.40. The van der Waals surface area contributed by atoms with Gasteiger partial charge in [0.25, 0.3) is 0 Å². The second-order valence-electron chi connectivity index (χ2n) is 3.81. The lowest BCUT2D eigenvalue weighted by molar-refractivity contribution is 0.0659. The summed E-state index contributed by atoms with van der Waals surface area (Å²) in [6, 6.07) is 5.31. The zero-order valence-corrected chi connectivity index (χ0v) is 9.74. The van der Waals surface area contributed by atoms with Crippen LogP contribution in [0.25, 0.3) is 0 Å². The lowest BCUT2D eigenvalue weighted by Crippen LogP contribution is -2.23. The highest BCUT2D eigenvalue weighted by Crippen LogP contribution is 2.25. The Morgan fingerprint density at radius 2 is 1.94 bits per heavy atom. The minimum Gasteiger partial charge on any atom is -0.426 e. The molecule has 1 aromatic rings. The first-order valence-corrected chi connectivity index (χ1v) is 5.47. The summed E-state index contributed by atoms with van der Waals surface area (Å²) in [5.74, 6) is 1.92. The van der Waals surface area contributed by atoms with Gasteiger partial charge in [0.15, 0.2) is 0 Å². The first-order chi connectivity index (χ1) is 8.19. The van der Waals surface area contributed by atoms with Crippen LogP contribution in [0.5, 0.6) is 0 Å². The standard InChI is InChI=1S/C14H12O3/c1-3-7-17-14-12(15)10-6-5-9(4-2)8-11(10)13(14)16/h5-6,8,14H,4H2,1-2H3. The normalized spacial score (nSPS) is 17.4. The predicted molar refractivity (Wildman–Crippen MR) is 62.8 cm³/mol. The zero-order valence-electron chi connectivity index (χ0n) is 9.74. The van der Waals surface area contributed by atoms with Crippen molar-refractivity contribution in [3.63, 3.8) is 0 Å². The number of ketones is 2. The number of Topliss-reactive ketones (excluding diaryl/α,β-unsaturated/α-hetero) is 2. The third kappa shape index (κ3) is 1.83. The molecule has 0 heterocycles. The maximum Gasteiger partial charge on any atom is 0.235 e. The zero-order chi connectivity index (χ0) is 12.4. The van der Waals surface area contributed by atoms with E-state index in [0.717, 1.165) is 12.0 Å². The van der Waals surface area contributed by atoms with E-state index in [1.165, 1.54) is 0 Å². The van der Waals surface area contributed by atoms with Gasteiger partial charge in [-0.05, 0) is 18.1 Å². The van der Waals surface area contributed by atoms with Gasteiger partial charge in [0.1, 0.15) is 6.11 Å². The van der Waals surface area contributed by atoms with Crippen molar-refractivity contribution >= 4 is 11.6 Å². The number of hydrogen-bond donors (Lipinski definition) is 0. The van der Waals surface area contributed by atoms with E-state index in [4.69, 9.17) is 4.74 Å².